The van der Waals surface area contributed by atoms with Crippen LogP contribution in [0.2, 0.25) is 0 Å². The highest BCUT2D eigenvalue weighted by Crippen LogP contribution is 2.40. The average Bonchev–Trinajstić information content (AvgIpc) is 2.45. The van der Waals surface area contributed by atoms with Gasteiger partial charge < -0.3 is 20.0 Å². The number of nitriles is 1. The first-order chi connectivity index (χ1) is 10.5. The molecule has 0 spiro atoms. The van der Waals surface area contributed by atoms with Crippen molar-refractivity contribution in [2.45, 2.75) is 12.8 Å². The maximum absolute atomic E-state index is 12.2. The normalized spacial score (nSPS) is 16.6. The molecule has 3 N–H and O–H groups in total. The maximum atomic E-state index is 12.2. The van der Waals surface area contributed by atoms with Gasteiger partial charge in [-0.25, -0.2) is 4.79 Å². The van der Waals surface area contributed by atoms with Crippen molar-refractivity contribution in [3.8, 4) is 17.6 Å². The zero-order valence-corrected chi connectivity index (χ0v) is 11.7. The van der Waals surface area contributed by atoms with E-state index in [9.17, 15) is 15.2 Å². The molecule has 2 heterocycles. The zero-order chi connectivity index (χ0) is 15.9. The zero-order valence-electron chi connectivity index (χ0n) is 11.7. The van der Waals surface area contributed by atoms with Gasteiger partial charge in [0.1, 0.15) is 28.9 Å². The van der Waals surface area contributed by atoms with E-state index in [4.69, 9.17) is 14.9 Å². The lowest BCUT2D eigenvalue weighted by Gasteiger charge is -2.25. The Morgan fingerprint density at radius 2 is 2.14 bits per heavy atom. The Morgan fingerprint density at radius 3 is 2.82 bits per heavy atom. The molecule has 0 amide bonds. The van der Waals surface area contributed by atoms with Gasteiger partial charge in [-0.1, -0.05) is 12.1 Å². The molecule has 0 radical (unpaired) electrons. The van der Waals surface area contributed by atoms with Crippen molar-refractivity contribution in [2.75, 3.05) is 0 Å². The summed E-state index contributed by atoms with van der Waals surface area (Å²) in [4.78, 5) is 12.2. The lowest BCUT2D eigenvalue weighted by molar-refractivity contribution is 0.371. The van der Waals surface area contributed by atoms with Crippen LogP contribution in [0.15, 0.2) is 51.0 Å². The molecule has 2 aromatic rings. The van der Waals surface area contributed by atoms with Crippen LogP contribution < -0.4 is 16.1 Å². The molecule has 1 aliphatic heterocycles. The van der Waals surface area contributed by atoms with Crippen LogP contribution in [0, 0.1) is 18.3 Å². The third-order valence-corrected chi connectivity index (χ3v) is 3.46. The van der Waals surface area contributed by atoms with Gasteiger partial charge in [-0.2, -0.15) is 5.26 Å². The summed E-state index contributed by atoms with van der Waals surface area (Å²) in [5, 5.41) is 19.0. The van der Waals surface area contributed by atoms with E-state index in [1.807, 2.05) is 6.07 Å². The summed E-state index contributed by atoms with van der Waals surface area (Å²) in [6.45, 7) is 1.62. The molecule has 0 aliphatic carbocycles. The van der Waals surface area contributed by atoms with Crippen molar-refractivity contribution in [1.82, 2.24) is 0 Å². The number of aryl methyl sites for hydroxylation is 1. The minimum atomic E-state index is -0.738. The summed E-state index contributed by atoms with van der Waals surface area (Å²) >= 11 is 0. The third kappa shape index (κ3) is 2.09. The largest absolute Gasteiger partial charge is 0.508 e. The Morgan fingerprint density at radius 1 is 1.36 bits per heavy atom. The molecule has 1 atom stereocenters. The van der Waals surface area contributed by atoms with E-state index < -0.39 is 11.5 Å². The second kappa shape index (κ2) is 4.97. The van der Waals surface area contributed by atoms with Crippen molar-refractivity contribution in [3.63, 3.8) is 0 Å². The topological polar surface area (TPSA) is 109 Å². The molecule has 6 nitrogen and oxygen atoms in total. The fraction of sp³-hybridized carbons (Fsp3) is 0.125. The van der Waals surface area contributed by atoms with Gasteiger partial charge in [-0.05, 0) is 24.6 Å². The molecular weight excluding hydrogens is 284 g/mol. The minimum Gasteiger partial charge on any atom is -0.508 e. The number of nitrogens with zero attached hydrogens (tertiary/aromatic N) is 1. The van der Waals surface area contributed by atoms with E-state index in [1.54, 1.807) is 25.1 Å². The second-order valence-corrected chi connectivity index (χ2v) is 4.94. The molecule has 110 valence electrons. The van der Waals surface area contributed by atoms with Gasteiger partial charge in [0.05, 0.1) is 11.5 Å². The van der Waals surface area contributed by atoms with Gasteiger partial charge in [0.25, 0.3) is 0 Å². The molecule has 22 heavy (non-hydrogen) atoms. The summed E-state index contributed by atoms with van der Waals surface area (Å²) in [6.07, 6.45) is 0. The van der Waals surface area contributed by atoms with Crippen LogP contribution in [-0.4, -0.2) is 5.11 Å². The van der Waals surface area contributed by atoms with Gasteiger partial charge in [-0.3, -0.25) is 0 Å². The van der Waals surface area contributed by atoms with Crippen LogP contribution in [0.25, 0.3) is 0 Å². The van der Waals surface area contributed by atoms with Crippen LogP contribution in [0.4, 0.5) is 0 Å². The summed E-state index contributed by atoms with van der Waals surface area (Å²) in [5.74, 6) is -0.130. The fourth-order valence-electron chi connectivity index (χ4n) is 2.56. The molecule has 1 aromatic heterocycles. The maximum Gasteiger partial charge on any atom is 0.343 e. The van der Waals surface area contributed by atoms with Crippen LogP contribution in [0.3, 0.4) is 0 Å². The van der Waals surface area contributed by atoms with Crippen molar-refractivity contribution in [1.29, 1.82) is 5.26 Å². The molecular formula is C16H12N2O4. The number of phenols is 1. The highest BCUT2D eigenvalue weighted by atomic mass is 16.5. The third-order valence-electron chi connectivity index (χ3n) is 3.46. The molecule has 0 saturated carbocycles. The molecule has 0 fully saturated rings. The molecule has 3 rings (SSSR count). The SMILES string of the molecule is Cc1cc2c(c(=O)o1)C(c1cccc(O)c1)C(C#N)=C(N)O2. The smallest absolute Gasteiger partial charge is 0.343 e. The van der Waals surface area contributed by atoms with Gasteiger partial charge in [0.15, 0.2) is 0 Å². The number of aromatic hydroxyl groups is 1. The number of hydrogen-bond donors (Lipinski definition) is 2. The first-order valence-corrected chi connectivity index (χ1v) is 6.52. The minimum absolute atomic E-state index is 0.0258. The number of fused-ring (bicyclic) bond motifs is 1. The number of benzene rings is 1. The summed E-state index contributed by atoms with van der Waals surface area (Å²) < 4.78 is 10.5. The quantitative estimate of drug-likeness (QED) is 0.831. The van der Waals surface area contributed by atoms with Gasteiger partial charge in [0.2, 0.25) is 5.88 Å². The summed E-state index contributed by atoms with van der Waals surface area (Å²) in [6, 6.07) is 9.82. The molecule has 0 saturated heterocycles. The molecule has 1 unspecified atom stereocenters. The number of nitrogens with two attached hydrogens (primary N) is 1. The van der Waals surface area contributed by atoms with Crippen molar-refractivity contribution in [2.24, 2.45) is 5.73 Å². The highest BCUT2D eigenvalue weighted by molar-refractivity contribution is 5.55. The summed E-state index contributed by atoms with van der Waals surface area (Å²) in [7, 11) is 0. The van der Waals surface area contributed by atoms with E-state index in [2.05, 4.69) is 0 Å². The second-order valence-electron chi connectivity index (χ2n) is 4.94. The molecule has 1 aromatic carbocycles. The Balaban J connectivity index is 2.32. The van der Waals surface area contributed by atoms with Crippen molar-refractivity contribution in [3.05, 3.63) is 69.1 Å². The van der Waals surface area contributed by atoms with Gasteiger partial charge >= 0.3 is 5.63 Å². The Kier molecular flexibility index (Phi) is 3.11. The van der Waals surface area contributed by atoms with E-state index in [0.717, 1.165) is 0 Å². The number of rotatable bonds is 1. The van der Waals surface area contributed by atoms with Crippen molar-refractivity contribution >= 4 is 0 Å². The standard InChI is InChI=1S/C16H12N2O4/c1-8-5-12-14(16(20)21-8)13(11(7-17)15(18)22-12)9-3-2-4-10(19)6-9/h2-6,13,19H,18H2,1H3. The number of hydrogen-bond acceptors (Lipinski definition) is 6. The first kappa shape index (κ1) is 13.8. The average molecular weight is 296 g/mol. The summed E-state index contributed by atoms with van der Waals surface area (Å²) in [5.41, 5.74) is 6.07. The van der Waals surface area contributed by atoms with Crippen LogP contribution in [-0.2, 0) is 0 Å². The van der Waals surface area contributed by atoms with Crippen LogP contribution in [0.5, 0.6) is 11.5 Å². The predicted octanol–water partition coefficient (Wildman–Crippen LogP) is 1.87. The van der Waals surface area contributed by atoms with Crippen LogP contribution >= 0.6 is 0 Å². The fourth-order valence-corrected chi connectivity index (χ4v) is 2.56. The first-order valence-electron chi connectivity index (χ1n) is 6.52. The lowest BCUT2D eigenvalue weighted by Crippen LogP contribution is -2.26. The number of ether oxygens (including phenoxy) is 1. The van der Waals surface area contributed by atoms with E-state index in [1.165, 1.54) is 12.1 Å². The number of allylic oxidation sites excluding steroid dienone is 1. The Bertz CT molecular complexity index is 890. The monoisotopic (exact) mass is 296 g/mol. The molecule has 6 heteroatoms. The number of phenolic OH excluding ortho intramolecular Hbond substituents is 1. The predicted molar refractivity (Wildman–Crippen MR) is 77.1 cm³/mol. The highest BCUT2D eigenvalue weighted by Gasteiger charge is 2.34. The van der Waals surface area contributed by atoms with Crippen LogP contribution in [0.1, 0.15) is 22.8 Å². The van der Waals surface area contributed by atoms with Gasteiger partial charge in [0, 0.05) is 6.07 Å². The van der Waals surface area contributed by atoms with E-state index in [0.29, 0.717) is 11.3 Å². The van der Waals surface area contributed by atoms with E-state index in [-0.39, 0.29) is 28.5 Å². The Labute approximate surface area is 125 Å². The van der Waals surface area contributed by atoms with Crippen molar-refractivity contribution < 1.29 is 14.3 Å². The van der Waals surface area contributed by atoms with E-state index >= 15 is 0 Å². The molecule has 1 aliphatic rings. The lowest BCUT2D eigenvalue weighted by atomic mass is 9.84. The Hall–Kier alpha value is -3.20. The molecule has 0 bridgehead atoms. The van der Waals surface area contributed by atoms with Gasteiger partial charge in [-0.15, -0.1) is 0 Å².